The number of rotatable bonds is 4. The van der Waals surface area contributed by atoms with E-state index in [2.05, 4.69) is 23.3 Å². The Balaban J connectivity index is 2.41. The third-order valence-corrected chi connectivity index (χ3v) is 2.80. The molecule has 0 radical (unpaired) electrons. The number of aromatic nitrogens is 1. The van der Waals surface area contributed by atoms with Gasteiger partial charge in [0.25, 0.3) is 0 Å². The molecule has 1 N–H and O–H groups in total. The summed E-state index contributed by atoms with van der Waals surface area (Å²) < 4.78 is 5.14. The predicted molar refractivity (Wildman–Crippen MR) is 63.2 cm³/mol. The van der Waals surface area contributed by atoms with Gasteiger partial charge in [-0.15, -0.1) is 0 Å². The molecular weight excluding hydrogens is 200 g/mol. The van der Waals surface area contributed by atoms with Gasteiger partial charge in [0.15, 0.2) is 0 Å². The fourth-order valence-electron chi connectivity index (χ4n) is 1.96. The molecule has 0 aromatic carbocycles. The number of hydrogen-bond donors (Lipinski definition) is 1. The van der Waals surface area contributed by atoms with Crippen molar-refractivity contribution in [1.29, 1.82) is 0 Å². The molecule has 2 rings (SSSR count). The van der Waals surface area contributed by atoms with Gasteiger partial charge in [-0.3, -0.25) is 4.98 Å². The Morgan fingerprint density at radius 2 is 2.31 bits per heavy atom. The minimum atomic E-state index is 0.177. The predicted octanol–water partition coefficient (Wildman–Crippen LogP) is 2.55. The quantitative estimate of drug-likeness (QED) is 0.853. The fourth-order valence-corrected chi connectivity index (χ4v) is 1.96. The van der Waals surface area contributed by atoms with E-state index in [0.717, 1.165) is 12.0 Å². The van der Waals surface area contributed by atoms with Crippen molar-refractivity contribution in [2.75, 3.05) is 7.05 Å². The van der Waals surface area contributed by atoms with E-state index in [9.17, 15) is 0 Å². The van der Waals surface area contributed by atoms with Crippen LogP contribution in [0, 0.1) is 0 Å². The first-order chi connectivity index (χ1) is 7.86. The lowest BCUT2D eigenvalue weighted by Gasteiger charge is -2.17. The van der Waals surface area contributed by atoms with Gasteiger partial charge in [-0.05, 0) is 36.7 Å². The van der Waals surface area contributed by atoms with Crippen LogP contribution in [-0.4, -0.2) is 12.0 Å². The van der Waals surface area contributed by atoms with Crippen molar-refractivity contribution in [3.8, 4) is 0 Å². The lowest BCUT2D eigenvalue weighted by atomic mass is 9.97. The van der Waals surface area contributed by atoms with E-state index in [1.807, 2.05) is 25.5 Å². The number of nitrogens with zero attached hydrogens (tertiary/aromatic N) is 1. The standard InChI is InChI=1S/C13H16N2O/c1-3-10-8-15-6-4-12(10)13(14-2)11-5-7-16-9-11/h4-9,13-14H,3H2,1-2H3. The summed E-state index contributed by atoms with van der Waals surface area (Å²) in [4.78, 5) is 4.16. The van der Waals surface area contributed by atoms with Crippen LogP contribution in [0.5, 0.6) is 0 Å². The second-order valence-corrected chi connectivity index (χ2v) is 3.71. The van der Waals surface area contributed by atoms with Crippen LogP contribution in [0.1, 0.15) is 29.7 Å². The summed E-state index contributed by atoms with van der Waals surface area (Å²) in [6.45, 7) is 2.14. The maximum absolute atomic E-state index is 5.14. The molecule has 0 saturated carbocycles. The monoisotopic (exact) mass is 216 g/mol. The van der Waals surface area contributed by atoms with Crippen molar-refractivity contribution >= 4 is 0 Å². The van der Waals surface area contributed by atoms with Crippen LogP contribution in [0.3, 0.4) is 0 Å². The highest BCUT2D eigenvalue weighted by Crippen LogP contribution is 2.24. The molecule has 0 spiro atoms. The molecule has 16 heavy (non-hydrogen) atoms. The van der Waals surface area contributed by atoms with Crippen LogP contribution in [0.15, 0.2) is 41.5 Å². The van der Waals surface area contributed by atoms with Crippen molar-refractivity contribution in [2.45, 2.75) is 19.4 Å². The molecule has 0 aliphatic rings. The zero-order valence-corrected chi connectivity index (χ0v) is 9.60. The van der Waals surface area contributed by atoms with E-state index in [1.165, 1.54) is 11.1 Å². The molecule has 1 unspecified atom stereocenters. The summed E-state index contributed by atoms with van der Waals surface area (Å²) in [6, 6.07) is 4.23. The summed E-state index contributed by atoms with van der Waals surface area (Å²) in [6.07, 6.45) is 8.23. The number of nitrogens with one attached hydrogen (secondary N) is 1. The van der Waals surface area contributed by atoms with E-state index in [4.69, 9.17) is 4.42 Å². The van der Waals surface area contributed by atoms with Crippen molar-refractivity contribution in [1.82, 2.24) is 10.3 Å². The van der Waals surface area contributed by atoms with Crippen LogP contribution in [-0.2, 0) is 6.42 Å². The second-order valence-electron chi connectivity index (χ2n) is 3.71. The molecule has 0 saturated heterocycles. The molecule has 3 heteroatoms. The Morgan fingerprint density at radius 1 is 1.44 bits per heavy atom. The van der Waals surface area contributed by atoms with Crippen LogP contribution < -0.4 is 5.32 Å². The maximum Gasteiger partial charge on any atom is 0.0953 e. The van der Waals surface area contributed by atoms with Crippen LogP contribution >= 0.6 is 0 Å². The molecule has 0 aliphatic carbocycles. The van der Waals surface area contributed by atoms with Gasteiger partial charge in [0, 0.05) is 18.0 Å². The third kappa shape index (κ3) is 1.99. The normalized spacial score (nSPS) is 12.6. The molecule has 0 bridgehead atoms. The molecule has 3 nitrogen and oxygen atoms in total. The maximum atomic E-state index is 5.14. The van der Waals surface area contributed by atoms with E-state index in [-0.39, 0.29) is 6.04 Å². The van der Waals surface area contributed by atoms with E-state index >= 15 is 0 Å². The summed E-state index contributed by atoms with van der Waals surface area (Å²) in [5.41, 5.74) is 3.67. The van der Waals surface area contributed by atoms with Crippen molar-refractivity contribution in [2.24, 2.45) is 0 Å². The van der Waals surface area contributed by atoms with Gasteiger partial charge in [-0.2, -0.15) is 0 Å². The zero-order chi connectivity index (χ0) is 11.4. The lowest BCUT2D eigenvalue weighted by Crippen LogP contribution is -2.18. The van der Waals surface area contributed by atoms with Gasteiger partial charge >= 0.3 is 0 Å². The number of aryl methyl sites for hydroxylation is 1. The first-order valence-electron chi connectivity index (χ1n) is 5.49. The topological polar surface area (TPSA) is 38.1 Å². The average Bonchev–Trinajstić information content (AvgIpc) is 2.84. The molecule has 2 aromatic rings. The van der Waals surface area contributed by atoms with Crippen molar-refractivity contribution < 1.29 is 4.42 Å². The summed E-state index contributed by atoms with van der Waals surface area (Å²) in [5.74, 6) is 0. The number of hydrogen-bond acceptors (Lipinski definition) is 3. The SMILES string of the molecule is CCc1cnccc1C(NC)c1ccoc1. The van der Waals surface area contributed by atoms with Crippen LogP contribution in [0.25, 0.3) is 0 Å². The minimum absolute atomic E-state index is 0.177. The van der Waals surface area contributed by atoms with E-state index in [1.54, 1.807) is 12.5 Å². The van der Waals surface area contributed by atoms with Gasteiger partial charge < -0.3 is 9.73 Å². The molecule has 0 amide bonds. The number of pyridine rings is 1. The Labute approximate surface area is 95.5 Å². The summed E-state index contributed by atoms with van der Waals surface area (Å²) in [7, 11) is 1.96. The zero-order valence-electron chi connectivity index (χ0n) is 9.60. The van der Waals surface area contributed by atoms with Crippen LogP contribution in [0.4, 0.5) is 0 Å². The molecule has 84 valence electrons. The fraction of sp³-hybridized carbons (Fsp3) is 0.308. The summed E-state index contributed by atoms with van der Waals surface area (Å²) >= 11 is 0. The smallest absolute Gasteiger partial charge is 0.0953 e. The molecule has 2 aromatic heterocycles. The van der Waals surface area contributed by atoms with Gasteiger partial charge in [0.05, 0.1) is 18.6 Å². The van der Waals surface area contributed by atoms with E-state index < -0.39 is 0 Å². The summed E-state index contributed by atoms with van der Waals surface area (Å²) in [5, 5.41) is 3.31. The Bertz CT molecular complexity index is 437. The van der Waals surface area contributed by atoms with Crippen molar-refractivity contribution in [3.05, 3.63) is 53.7 Å². The molecule has 0 aliphatic heterocycles. The first kappa shape index (κ1) is 10.9. The Kier molecular flexibility index (Phi) is 3.37. The number of furan rings is 1. The van der Waals surface area contributed by atoms with Crippen molar-refractivity contribution in [3.63, 3.8) is 0 Å². The highest BCUT2D eigenvalue weighted by atomic mass is 16.3. The van der Waals surface area contributed by atoms with Crippen LogP contribution in [0.2, 0.25) is 0 Å². The molecule has 0 fully saturated rings. The minimum Gasteiger partial charge on any atom is -0.472 e. The highest BCUT2D eigenvalue weighted by molar-refractivity contribution is 5.34. The molecular formula is C13H16N2O. The first-order valence-corrected chi connectivity index (χ1v) is 5.49. The third-order valence-electron chi connectivity index (χ3n) is 2.80. The highest BCUT2D eigenvalue weighted by Gasteiger charge is 2.15. The molecule has 1 atom stereocenters. The molecule has 2 heterocycles. The average molecular weight is 216 g/mol. The second kappa shape index (κ2) is 4.94. The van der Waals surface area contributed by atoms with Gasteiger partial charge in [0.2, 0.25) is 0 Å². The van der Waals surface area contributed by atoms with Gasteiger partial charge in [-0.1, -0.05) is 6.92 Å². The lowest BCUT2D eigenvalue weighted by molar-refractivity contribution is 0.557. The largest absolute Gasteiger partial charge is 0.472 e. The van der Waals surface area contributed by atoms with E-state index in [0.29, 0.717) is 0 Å². The van der Waals surface area contributed by atoms with Gasteiger partial charge in [-0.25, -0.2) is 0 Å². The van der Waals surface area contributed by atoms with Gasteiger partial charge in [0.1, 0.15) is 0 Å². The Hall–Kier alpha value is -1.61. The Morgan fingerprint density at radius 3 is 2.94 bits per heavy atom.